The van der Waals surface area contributed by atoms with Crippen LogP contribution >= 0.6 is 0 Å². The Kier molecular flexibility index (Phi) is 6.88. The molecule has 0 unspecified atom stereocenters. The largest absolute Gasteiger partial charge is 0.388 e. The quantitative estimate of drug-likeness (QED) is 0.338. The number of aliphatic hydroxyl groups is 2. The Hall–Kier alpha value is -4.28. The van der Waals surface area contributed by atoms with Gasteiger partial charge in [0.2, 0.25) is 0 Å². The number of aromatic nitrogens is 8. The average Bonchev–Trinajstić information content (AvgIpc) is 3.60. The number of rotatable bonds is 6. The van der Waals surface area contributed by atoms with E-state index in [0.29, 0.717) is 5.82 Å². The summed E-state index contributed by atoms with van der Waals surface area (Å²) in [6.45, 7) is -0.412. The van der Waals surface area contributed by atoms with Gasteiger partial charge < -0.3 is 10.2 Å². The van der Waals surface area contributed by atoms with Crippen molar-refractivity contribution in [2.24, 2.45) is 0 Å². The van der Waals surface area contributed by atoms with Gasteiger partial charge in [0.25, 0.3) is 0 Å². The summed E-state index contributed by atoms with van der Waals surface area (Å²) in [6, 6.07) is 30.3. The molecule has 0 bridgehead atoms. The van der Waals surface area contributed by atoms with Gasteiger partial charge in [-0.15, -0.1) is 25.2 Å². The van der Waals surface area contributed by atoms with E-state index in [-0.39, 0.29) is 19.0 Å². The number of H-pyrrole nitrogens is 1. The van der Waals surface area contributed by atoms with Crippen LogP contribution in [0, 0.1) is 0 Å². The van der Waals surface area contributed by atoms with Gasteiger partial charge in [-0.3, -0.25) is 0 Å². The second kappa shape index (κ2) is 10.4. The van der Waals surface area contributed by atoms with Crippen LogP contribution in [0.2, 0.25) is 0 Å². The molecule has 33 heavy (non-hydrogen) atoms. The van der Waals surface area contributed by atoms with Crippen LogP contribution in [0.25, 0.3) is 0 Å². The highest BCUT2D eigenvalue weighted by Gasteiger charge is 2.41. The predicted molar refractivity (Wildman–Crippen MR) is 118 cm³/mol. The lowest BCUT2D eigenvalue weighted by molar-refractivity contribution is 0.269. The van der Waals surface area contributed by atoms with Gasteiger partial charge in [-0.1, -0.05) is 96.2 Å². The molecule has 0 aliphatic rings. The third kappa shape index (κ3) is 4.52. The first-order valence-electron chi connectivity index (χ1n) is 10.2. The minimum absolute atomic E-state index is 0.156. The van der Waals surface area contributed by atoms with Crippen LogP contribution in [-0.4, -0.2) is 51.0 Å². The molecule has 0 spiro atoms. The third-order valence-corrected chi connectivity index (χ3v) is 5.00. The molecule has 0 fully saturated rings. The van der Waals surface area contributed by atoms with Crippen molar-refractivity contribution >= 4 is 0 Å². The topological polar surface area (TPSA) is 139 Å². The van der Waals surface area contributed by atoms with E-state index < -0.39 is 5.54 Å². The summed E-state index contributed by atoms with van der Waals surface area (Å²) in [5.41, 5.74) is 2.25. The van der Waals surface area contributed by atoms with E-state index in [9.17, 15) is 5.11 Å². The fraction of sp³-hybridized carbons (Fsp3) is 0.130. The first-order valence-corrected chi connectivity index (χ1v) is 10.2. The molecular weight excluding hydrogens is 420 g/mol. The lowest BCUT2D eigenvalue weighted by Gasteiger charge is -2.34. The zero-order valence-electron chi connectivity index (χ0n) is 17.6. The van der Waals surface area contributed by atoms with Crippen molar-refractivity contribution in [3.8, 4) is 0 Å². The zero-order valence-corrected chi connectivity index (χ0v) is 17.6. The summed E-state index contributed by atoms with van der Waals surface area (Å²) in [6.07, 6.45) is 0. The molecule has 0 atom stereocenters. The van der Waals surface area contributed by atoms with E-state index in [1.807, 2.05) is 54.6 Å². The average molecular weight is 442 g/mol. The zero-order chi connectivity index (χ0) is 22.9. The Morgan fingerprint density at radius 2 is 1.15 bits per heavy atom. The number of aromatic amines is 1. The van der Waals surface area contributed by atoms with Crippen molar-refractivity contribution in [2.45, 2.75) is 18.8 Å². The number of hydrogen-bond donors (Lipinski definition) is 3. The molecule has 2 heterocycles. The van der Waals surface area contributed by atoms with E-state index in [1.165, 1.54) is 0 Å². The van der Waals surface area contributed by atoms with Gasteiger partial charge in [0.1, 0.15) is 13.2 Å². The molecule has 3 aromatic carbocycles. The Morgan fingerprint density at radius 3 is 1.48 bits per heavy atom. The molecule has 0 radical (unpaired) electrons. The van der Waals surface area contributed by atoms with Gasteiger partial charge in [-0.25, -0.2) is 0 Å². The number of nitrogens with zero attached hydrogens (tertiary/aromatic N) is 7. The van der Waals surface area contributed by atoms with Crippen molar-refractivity contribution in [1.29, 1.82) is 0 Å². The molecule has 10 nitrogen and oxygen atoms in total. The molecule has 0 aliphatic heterocycles. The Bertz CT molecular complexity index is 1130. The minimum Gasteiger partial charge on any atom is -0.388 e. The fourth-order valence-electron chi connectivity index (χ4n) is 3.58. The molecule has 5 rings (SSSR count). The second-order valence-electron chi connectivity index (χ2n) is 6.95. The Labute approximate surface area is 189 Å². The smallest absolute Gasteiger partial charge is 0.200 e. The second-order valence-corrected chi connectivity index (χ2v) is 6.95. The highest BCUT2D eigenvalue weighted by Crippen LogP contribution is 2.39. The SMILES string of the molecule is OCc1nn[nH]n1.OCc1nnn(C(c2ccccc2)(c2ccccc2)c2ccccc2)n1. The maximum atomic E-state index is 9.45. The Balaban J connectivity index is 0.000000318. The number of aliphatic hydroxyl groups excluding tert-OH is 2. The summed E-state index contributed by atoms with van der Waals surface area (Å²) in [7, 11) is 0. The molecular formula is C23H22N8O2. The maximum Gasteiger partial charge on any atom is 0.200 e. The van der Waals surface area contributed by atoms with Crippen molar-refractivity contribution < 1.29 is 10.2 Å². The minimum atomic E-state index is -0.788. The van der Waals surface area contributed by atoms with E-state index in [1.54, 1.807) is 4.80 Å². The summed E-state index contributed by atoms with van der Waals surface area (Å²) < 4.78 is 0. The highest BCUT2D eigenvalue weighted by molar-refractivity contribution is 5.49. The van der Waals surface area contributed by atoms with E-state index in [4.69, 9.17) is 5.11 Å². The van der Waals surface area contributed by atoms with Crippen LogP contribution in [-0.2, 0) is 18.8 Å². The van der Waals surface area contributed by atoms with Gasteiger partial charge >= 0.3 is 0 Å². The molecule has 166 valence electrons. The molecule has 0 saturated heterocycles. The first-order chi connectivity index (χ1) is 16.3. The number of benzene rings is 3. The summed E-state index contributed by atoms with van der Waals surface area (Å²) in [5, 5.41) is 42.7. The number of hydrogen-bond acceptors (Lipinski definition) is 8. The monoisotopic (exact) mass is 442 g/mol. The normalized spacial score (nSPS) is 11.0. The van der Waals surface area contributed by atoms with Crippen molar-refractivity contribution in [2.75, 3.05) is 0 Å². The summed E-state index contributed by atoms with van der Waals surface area (Å²) in [5.74, 6) is 0.608. The molecule has 0 aliphatic carbocycles. The van der Waals surface area contributed by atoms with Crippen molar-refractivity contribution in [3.63, 3.8) is 0 Å². The molecule has 2 aromatic heterocycles. The molecule has 5 aromatic rings. The van der Waals surface area contributed by atoms with Gasteiger partial charge in [0, 0.05) is 0 Å². The van der Waals surface area contributed by atoms with Crippen LogP contribution in [0.5, 0.6) is 0 Å². The molecule has 0 saturated carbocycles. The lowest BCUT2D eigenvalue weighted by atomic mass is 9.77. The standard InChI is InChI=1S/C21H18N4O.C2H4N4O/c26-16-20-22-24-25(23-20)21(17-10-4-1-5-11-17,18-12-6-2-7-13-18)19-14-8-3-9-15-19;7-1-2-3-5-6-4-2/h1-15,26H,16H2;7H,1H2,(H,3,4,5,6). The van der Waals surface area contributed by atoms with Crippen LogP contribution in [0.1, 0.15) is 28.3 Å². The van der Waals surface area contributed by atoms with E-state index in [2.05, 4.69) is 72.4 Å². The summed E-state index contributed by atoms with van der Waals surface area (Å²) in [4.78, 5) is 1.60. The predicted octanol–water partition coefficient (Wildman–Crippen LogP) is 1.70. The van der Waals surface area contributed by atoms with Crippen molar-refractivity contribution in [3.05, 3.63) is 119 Å². The lowest BCUT2D eigenvalue weighted by Crippen LogP contribution is -2.39. The van der Waals surface area contributed by atoms with Gasteiger partial charge in [0.15, 0.2) is 17.2 Å². The van der Waals surface area contributed by atoms with Crippen LogP contribution < -0.4 is 0 Å². The number of nitrogens with one attached hydrogen (secondary N) is 1. The molecule has 0 amide bonds. The van der Waals surface area contributed by atoms with Crippen LogP contribution in [0.3, 0.4) is 0 Å². The van der Waals surface area contributed by atoms with Crippen LogP contribution in [0.15, 0.2) is 91.0 Å². The van der Waals surface area contributed by atoms with Gasteiger partial charge in [-0.2, -0.15) is 5.21 Å². The molecule has 10 heteroatoms. The van der Waals surface area contributed by atoms with Gasteiger partial charge in [0.05, 0.1) is 0 Å². The highest BCUT2D eigenvalue weighted by atomic mass is 16.3. The third-order valence-electron chi connectivity index (χ3n) is 5.00. The fourth-order valence-corrected chi connectivity index (χ4v) is 3.58. The molecule has 3 N–H and O–H groups in total. The van der Waals surface area contributed by atoms with Crippen molar-refractivity contribution in [1.82, 2.24) is 40.8 Å². The Morgan fingerprint density at radius 1 is 0.667 bits per heavy atom. The maximum absolute atomic E-state index is 9.45. The first kappa shape index (κ1) is 21.9. The van der Waals surface area contributed by atoms with Gasteiger partial charge in [-0.05, 0) is 21.9 Å². The van der Waals surface area contributed by atoms with E-state index in [0.717, 1.165) is 16.7 Å². The van der Waals surface area contributed by atoms with Crippen LogP contribution in [0.4, 0.5) is 0 Å². The summed E-state index contributed by atoms with van der Waals surface area (Å²) >= 11 is 0. The number of tetrazole rings is 2. The van der Waals surface area contributed by atoms with E-state index >= 15 is 0 Å².